The van der Waals surface area contributed by atoms with Gasteiger partial charge in [-0.05, 0) is 61.1 Å². The van der Waals surface area contributed by atoms with Crippen LogP contribution in [0.25, 0.3) is 11.1 Å². The summed E-state index contributed by atoms with van der Waals surface area (Å²) in [4.78, 5) is 6.61. The lowest BCUT2D eigenvalue weighted by atomic mass is 9.97. The van der Waals surface area contributed by atoms with Crippen molar-refractivity contribution in [1.82, 2.24) is 4.98 Å². The molecule has 1 aliphatic rings. The van der Waals surface area contributed by atoms with E-state index in [-0.39, 0.29) is 12.4 Å². The summed E-state index contributed by atoms with van der Waals surface area (Å²) in [5.41, 5.74) is 4.05. The molecule has 0 radical (unpaired) electrons. The Bertz CT molecular complexity index is 986. The number of rotatable bonds is 6. The number of hydrogen-bond donors (Lipinski definition) is 1. The summed E-state index contributed by atoms with van der Waals surface area (Å²) in [7, 11) is 0. The summed E-state index contributed by atoms with van der Waals surface area (Å²) in [6.45, 7) is 4.06. The Morgan fingerprint density at radius 1 is 1.07 bits per heavy atom. The van der Waals surface area contributed by atoms with Crippen molar-refractivity contribution < 1.29 is 14.2 Å². The molecule has 2 heterocycles. The molecule has 0 unspecified atom stereocenters. The van der Waals surface area contributed by atoms with Crippen molar-refractivity contribution in [2.45, 2.75) is 26.4 Å². The average molecular weight is 407 g/mol. The molecule has 3 aromatic rings. The van der Waals surface area contributed by atoms with Crippen LogP contribution in [-0.4, -0.2) is 29.8 Å². The molecule has 2 aromatic carbocycles. The first-order chi connectivity index (χ1) is 14.6. The second-order valence-corrected chi connectivity index (χ2v) is 7.86. The maximum Gasteiger partial charge on any atom is 0.221 e. The zero-order chi connectivity index (χ0) is 20.9. The van der Waals surface area contributed by atoms with Crippen LogP contribution in [0.1, 0.15) is 24.1 Å². The second-order valence-electron chi connectivity index (χ2n) is 7.86. The highest BCUT2D eigenvalue weighted by Gasteiger charge is 2.21. The van der Waals surface area contributed by atoms with Crippen LogP contribution in [-0.2, 0) is 6.61 Å². The molecule has 1 N–H and O–H groups in total. The van der Waals surface area contributed by atoms with Gasteiger partial charge in [0.2, 0.25) is 5.88 Å². The highest BCUT2D eigenvalue weighted by Crippen LogP contribution is 2.33. The van der Waals surface area contributed by atoms with Gasteiger partial charge >= 0.3 is 0 Å². The molecule has 4 nitrogen and oxygen atoms in total. The number of aromatic nitrogens is 1. The van der Waals surface area contributed by atoms with E-state index in [0.29, 0.717) is 24.1 Å². The molecule has 156 valence electrons. The van der Waals surface area contributed by atoms with Gasteiger partial charge in [-0.1, -0.05) is 36.4 Å². The molecule has 0 bridgehead atoms. The number of halogens is 1. The molecular weight excluding hydrogens is 379 g/mol. The highest BCUT2D eigenvalue weighted by molar-refractivity contribution is 5.71. The van der Waals surface area contributed by atoms with Gasteiger partial charge in [0.25, 0.3) is 0 Å². The fourth-order valence-electron chi connectivity index (χ4n) is 3.88. The fraction of sp³-hybridized carbons (Fsp3) is 0.320. The molecule has 1 saturated heterocycles. The molecule has 4 rings (SSSR count). The molecule has 0 saturated carbocycles. The van der Waals surface area contributed by atoms with E-state index in [2.05, 4.69) is 9.88 Å². The van der Waals surface area contributed by atoms with E-state index in [9.17, 15) is 5.11 Å². The minimum atomic E-state index is -0.246. The lowest BCUT2D eigenvalue weighted by molar-refractivity contribution is 0.203. The van der Waals surface area contributed by atoms with Crippen molar-refractivity contribution >= 4 is 5.69 Å². The van der Waals surface area contributed by atoms with Gasteiger partial charge in [0.1, 0.15) is 12.4 Å². The zero-order valence-electron chi connectivity index (χ0n) is 17.2. The van der Waals surface area contributed by atoms with Crippen molar-refractivity contribution in [2.75, 3.05) is 24.6 Å². The SMILES string of the molecule is Cc1ccc(-c2ccc(N3CCC(CO)CC3)c(F)c2)c(OCc2ccccc2)n1. The van der Waals surface area contributed by atoms with Crippen molar-refractivity contribution in [1.29, 1.82) is 0 Å². The minimum Gasteiger partial charge on any atom is -0.472 e. The first-order valence-corrected chi connectivity index (χ1v) is 10.4. The van der Waals surface area contributed by atoms with Crippen LogP contribution in [0.3, 0.4) is 0 Å². The van der Waals surface area contributed by atoms with Crippen molar-refractivity contribution in [2.24, 2.45) is 5.92 Å². The van der Waals surface area contributed by atoms with Crippen molar-refractivity contribution in [3.63, 3.8) is 0 Å². The van der Waals surface area contributed by atoms with E-state index < -0.39 is 0 Å². The molecule has 0 amide bonds. The van der Waals surface area contributed by atoms with Gasteiger partial charge in [-0.15, -0.1) is 0 Å². The Morgan fingerprint density at radius 3 is 2.53 bits per heavy atom. The first kappa shape index (κ1) is 20.4. The zero-order valence-corrected chi connectivity index (χ0v) is 17.2. The minimum absolute atomic E-state index is 0.210. The number of ether oxygens (including phenoxy) is 1. The summed E-state index contributed by atoms with van der Waals surface area (Å²) >= 11 is 0. The van der Waals surface area contributed by atoms with E-state index in [1.165, 1.54) is 0 Å². The lowest BCUT2D eigenvalue weighted by Crippen LogP contribution is -2.35. The standard InChI is InChI=1S/C25H27FN2O2/c1-18-7-9-22(25(27-18)30-17-20-5-3-2-4-6-20)21-8-10-24(23(26)15-21)28-13-11-19(16-29)12-14-28/h2-10,15,19,29H,11-14,16-17H2,1H3. The number of anilines is 1. The molecule has 30 heavy (non-hydrogen) atoms. The smallest absolute Gasteiger partial charge is 0.221 e. The summed E-state index contributed by atoms with van der Waals surface area (Å²) in [5.74, 6) is 0.589. The third-order valence-corrected chi connectivity index (χ3v) is 5.69. The molecule has 0 aliphatic carbocycles. The summed E-state index contributed by atoms with van der Waals surface area (Å²) in [6, 6.07) is 19.1. The Hall–Kier alpha value is -2.92. The molecule has 1 aromatic heterocycles. The molecule has 1 aliphatic heterocycles. The molecule has 0 spiro atoms. The van der Waals surface area contributed by atoms with Crippen LogP contribution in [0.15, 0.2) is 60.7 Å². The Labute approximate surface area is 177 Å². The van der Waals surface area contributed by atoms with Crippen molar-refractivity contribution in [3.8, 4) is 17.0 Å². The normalized spacial score (nSPS) is 14.7. The summed E-state index contributed by atoms with van der Waals surface area (Å²) < 4.78 is 21.0. The van der Waals surface area contributed by atoms with Gasteiger partial charge in [-0.2, -0.15) is 0 Å². The number of nitrogens with zero attached hydrogens (tertiary/aromatic N) is 2. The maximum atomic E-state index is 15.0. The quantitative estimate of drug-likeness (QED) is 0.627. The predicted molar refractivity (Wildman–Crippen MR) is 117 cm³/mol. The van der Waals surface area contributed by atoms with E-state index >= 15 is 4.39 Å². The van der Waals surface area contributed by atoms with Crippen molar-refractivity contribution in [3.05, 3.63) is 77.7 Å². The molecule has 0 atom stereocenters. The van der Waals surface area contributed by atoms with E-state index in [4.69, 9.17) is 4.74 Å². The summed E-state index contributed by atoms with van der Waals surface area (Å²) in [5, 5.41) is 9.32. The average Bonchev–Trinajstić information content (AvgIpc) is 2.78. The monoisotopic (exact) mass is 406 g/mol. The fourth-order valence-corrected chi connectivity index (χ4v) is 3.88. The lowest BCUT2D eigenvalue weighted by Gasteiger charge is -2.33. The third kappa shape index (κ3) is 4.62. The number of aliphatic hydroxyl groups excluding tert-OH is 1. The Kier molecular flexibility index (Phi) is 6.29. The van der Waals surface area contributed by atoms with E-state index in [1.807, 2.05) is 61.5 Å². The number of hydrogen-bond acceptors (Lipinski definition) is 4. The van der Waals surface area contributed by atoms with E-state index in [0.717, 1.165) is 48.3 Å². The largest absolute Gasteiger partial charge is 0.472 e. The van der Waals surface area contributed by atoms with Gasteiger partial charge in [0.05, 0.1) is 5.69 Å². The van der Waals surface area contributed by atoms with Gasteiger partial charge in [0, 0.05) is 31.0 Å². The summed E-state index contributed by atoms with van der Waals surface area (Å²) in [6.07, 6.45) is 1.77. The Balaban J connectivity index is 1.56. The number of pyridine rings is 1. The first-order valence-electron chi connectivity index (χ1n) is 10.4. The molecule has 5 heteroatoms. The van der Waals surface area contributed by atoms with Crippen LogP contribution in [0.5, 0.6) is 5.88 Å². The second kappa shape index (κ2) is 9.26. The molecule has 1 fully saturated rings. The van der Waals surface area contributed by atoms with Gasteiger partial charge in [-0.3, -0.25) is 0 Å². The third-order valence-electron chi connectivity index (χ3n) is 5.69. The van der Waals surface area contributed by atoms with Gasteiger partial charge in [0.15, 0.2) is 0 Å². The maximum absolute atomic E-state index is 15.0. The van der Waals surface area contributed by atoms with Crippen LogP contribution in [0.4, 0.5) is 10.1 Å². The highest BCUT2D eigenvalue weighted by atomic mass is 19.1. The van der Waals surface area contributed by atoms with Crippen LogP contribution in [0, 0.1) is 18.7 Å². The number of aliphatic hydroxyl groups is 1. The van der Waals surface area contributed by atoms with Crippen LogP contribution >= 0.6 is 0 Å². The van der Waals surface area contributed by atoms with Crippen LogP contribution in [0.2, 0.25) is 0 Å². The van der Waals surface area contributed by atoms with Gasteiger partial charge in [-0.25, -0.2) is 9.37 Å². The predicted octanol–water partition coefficient (Wildman–Crippen LogP) is 4.98. The van der Waals surface area contributed by atoms with Gasteiger partial charge < -0.3 is 14.7 Å². The number of piperidine rings is 1. The molecular formula is C25H27FN2O2. The Morgan fingerprint density at radius 2 is 1.83 bits per heavy atom. The topological polar surface area (TPSA) is 45.6 Å². The number of benzene rings is 2. The number of aryl methyl sites for hydroxylation is 1. The van der Waals surface area contributed by atoms with E-state index in [1.54, 1.807) is 6.07 Å². The van der Waals surface area contributed by atoms with Crippen LogP contribution < -0.4 is 9.64 Å².